The van der Waals surface area contributed by atoms with E-state index in [1.165, 1.54) is 11.3 Å². The van der Waals surface area contributed by atoms with Crippen molar-refractivity contribution < 1.29 is 9.84 Å². The Morgan fingerprint density at radius 1 is 1.12 bits per heavy atom. The van der Waals surface area contributed by atoms with Gasteiger partial charge in [-0.2, -0.15) is 0 Å². The maximum atomic E-state index is 10.3. The van der Waals surface area contributed by atoms with Crippen LogP contribution >= 0.6 is 11.3 Å². The van der Waals surface area contributed by atoms with Crippen LogP contribution in [0.5, 0.6) is 5.19 Å². The van der Waals surface area contributed by atoms with Crippen molar-refractivity contribution in [1.29, 1.82) is 0 Å². The number of β-amino-alcohol motifs (C(OH)–C–C–N with tert-alkyl or cyclic N) is 1. The van der Waals surface area contributed by atoms with Crippen molar-refractivity contribution >= 4 is 11.3 Å². The summed E-state index contributed by atoms with van der Waals surface area (Å²) in [6.07, 6.45) is -0.422. The topological polar surface area (TPSA) is 61.7 Å². The third kappa shape index (κ3) is 4.73. The Balaban J connectivity index is 1.43. The van der Waals surface area contributed by atoms with Gasteiger partial charge in [-0.25, -0.2) is 0 Å². The van der Waals surface area contributed by atoms with Crippen molar-refractivity contribution in [2.45, 2.75) is 19.6 Å². The lowest BCUT2D eigenvalue weighted by Gasteiger charge is -2.35. The van der Waals surface area contributed by atoms with Crippen LogP contribution in [0.25, 0.3) is 0 Å². The number of ether oxygens (including phenoxy) is 1. The molecule has 6 nitrogen and oxygen atoms in total. The lowest BCUT2D eigenvalue weighted by Crippen LogP contribution is -2.47. The predicted octanol–water partition coefficient (Wildman–Crippen LogP) is 1.79. The number of aliphatic hydroxyl groups excluding tert-OH is 1. The van der Waals surface area contributed by atoms with Gasteiger partial charge in [0, 0.05) is 32.7 Å². The molecule has 2 aromatic rings. The number of aliphatic hydroxyl groups is 1. The minimum absolute atomic E-state index is 0.422. The molecule has 0 aliphatic carbocycles. The zero-order valence-electron chi connectivity index (χ0n) is 14.0. The molecule has 0 saturated carbocycles. The Kier molecular flexibility index (Phi) is 6.14. The summed E-state index contributed by atoms with van der Waals surface area (Å²) < 4.78 is 5.37. The van der Waals surface area contributed by atoms with E-state index in [0.717, 1.165) is 43.3 Å². The zero-order valence-corrected chi connectivity index (χ0v) is 14.8. The molecule has 1 atom stereocenters. The first-order valence-corrected chi connectivity index (χ1v) is 9.19. The monoisotopic (exact) mass is 348 g/mol. The smallest absolute Gasteiger partial charge is 0.294 e. The van der Waals surface area contributed by atoms with Crippen molar-refractivity contribution in [3.63, 3.8) is 0 Å². The summed E-state index contributed by atoms with van der Waals surface area (Å²) in [5.41, 5.74) is 0.984. The molecule has 0 amide bonds. The van der Waals surface area contributed by atoms with E-state index < -0.39 is 6.10 Å². The van der Waals surface area contributed by atoms with E-state index in [-0.39, 0.29) is 0 Å². The zero-order chi connectivity index (χ0) is 16.8. The summed E-state index contributed by atoms with van der Waals surface area (Å²) in [4.78, 5) is 4.70. The second kappa shape index (κ2) is 8.53. The number of piperazine rings is 1. The lowest BCUT2D eigenvalue weighted by molar-refractivity contribution is 0.0700. The van der Waals surface area contributed by atoms with Crippen molar-refractivity contribution in [3.05, 3.63) is 40.9 Å². The molecular formula is C17H24N4O2S. The highest BCUT2D eigenvalue weighted by atomic mass is 32.1. The van der Waals surface area contributed by atoms with E-state index in [1.807, 2.05) is 37.3 Å². The molecule has 1 fully saturated rings. The van der Waals surface area contributed by atoms with E-state index in [4.69, 9.17) is 4.74 Å². The van der Waals surface area contributed by atoms with Gasteiger partial charge >= 0.3 is 0 Å². The molecule has 1 unspecified atom stereocenters. The van der Waals surface area contributed by atoms with Gasteiger partial charge in [-0.1, -0.05) is 41.7 Å². The van der Waals surface area contributed by atoms with Gasteiger partial charge in [0.1, 0.15) is 5.01 Å². The molecule has 1 aromatic heterocycles. The van der Waals surface area contributed by atoms with Crippen LogP contribution in [0, 0.1) is 0 Å². The molecule has 1 aliphatic heterocycles. The molecule has 1 N–H and O–H groups in total. The first-order chi connectivity index (χ1) is 11.7. The molecule has 1 aromatic carbocycles. The van der Waals surface area contributed by atoms with Gasteiger partial charge in [0.2, 0.25) is 0 Å². The van der Waals surface area contributed by atoms with Crippen molar-refractivity contribution in [3.8, 4) is 5.19 Å². The van der Waals surface area contributed by atoms with Crippen LogP contribution < -0.4 is 4.74 Å². The maximum Gasteiger partial charge on any atom is 0.294 e. The molecule has 0 spiro atoms. The van der Waals surface area contributed by atoms with E-state index >= 15 is 0 Å². The van der Waals surface area contributed by atoms with Crippen LogP contribution in [-0.2, 0) is 6.54 Å². The van der Waals surface area contributed by atoms with E-state index in [2.05, 4.69) is 20.0 Å². The van der Waals surface area contributed by atoms with Crippen molar-refractivity contribution in [2.24, 2.45) is 0 Å². The fourth-order valence-corrected chi connectivity index (χ4v) is 3.62. The van der Waals surface area contributed by atoms with Crippen LogP contribution in [0.2, 0.25) is 0 Å². The average molecular weight is 348 g/mol. The molecule has 1 aliphatic rings. The highest BCUT2D eigenvalue weighted by molar-refractivity contribution is 7.13. The van der Waals surface area contributed by atoms with Gasteiger partial charge in [0.05, 0.1) is 19.3 Å². The summed E-state index contributed by atoms with van der Waals surface area (Å²) >= 11 is 1.52. The molecule has 2 heterocycles. The molecule has 3 rings (SSSR count). The van der Waals surface area contributed by atoms with Crippen molar-refractivity contribution in [1.82, 2.24) is 20.0 Å². The van der Waals surface area contributed by atoms with Crippen LogP contribution in [0.1, 0.15) is 23.6 Å². The van der Waals surface area contributed by atoms with E-state index in [9.17, 15) is 5.11 Å². The quantitative estimate of drug-likeness (QED) is 0.823. The largest absolute Gasteiger partial charge is 0.469 e. The van der Waals surface area contributed by atoms with Gasteiger partial charge in [-0.05, 0) is 12.5 Å². The first-order valence-electron chi connectivity index (χ1n) is 8.37. The van der Waals surface area contributed by atoms with E-state index in [0.29, 0.717) is 18.3 Å². The Bertz CT molecular complexity index is 614. The highest BCUT2D eigenvalue weighted by Gasteiger charge is 2.21. The predicted molar refractivity (Wildman–Crippen MR) is 94.2 cm³/mol. The Labute approximate surface area is 146 Å². The molecule has 1 saturated heterocycles. The molecular weight excluding hydrogens is 324 g/mol. The summed E-state index contributed by atoms with van der Waals surface area (Å²) in [6, 6.07) is 9.86. The summed E-state index contributed by atoms with van der Waals surface area (Å²) in [5.74, 6) is 0. The summed E-state index contributed by atoms with van der Waals surface area (Å²) in [6.45, 7) is 7.95. The number of hydrogen-bond donors (Lipinski definition) is 1. The number of benzene rings is 1. The van der Waals surface area contributed by atoms with Gasteiger partial charge in [0.25, 0.3) is 5.19 Å². The highest BCUT2D eigenvalue weighted by Crippen LogP contribution is 2.20. The standard InChI is InChI=1S/C17H24N4O2S/c1-2-23-17-19-18-16(24-17)13-21-10-8-20(9-11-21)12-15(22)14-6-4-3-5-7-14/h3-7,15,22H,2,8-13H2,1H3. The summed E-state index contributed by atoms with van der Waals surface area (Å²) in [5, 5.41) is 20.2. The van der Waals surface area contributed by atoms with Crippen LogP contribution in [0.15, 0.2) is 30.3 Å². The van der Waals surface area contributed by atoms with Gasteiger partial charge in [-0.3, -0.25) is 9.80 Å². The van der Waals surface area contributed by atoms with Crippen LogP contribution in [0.4, 0.5) is 0 Å². The minimum atomic E-state index is -0.422. The number of hydrogen-bond acceptors (Lipinski definition) is 7. The molecule has 0 bridgehead atoms. The molecule has 0 radical (unpaired) electrons. The molecule has 24 heavy (non-hydrogen) atoms. The fraction of sp³-hybridized carbons (Fsp3) is 0.529. The fourth-order valence-electron chi connectivity index (χ4n) is 2.83. The normalized spacial score (nSPS) is 17.8. The molecule has 130 valence electrons. The van der Waals surface area contributed by atoms with Crippen LogP contribution in [-0.4, -0.2) is 64.4 Å². The summed E-state index contributed by atoms with van der Waals surface area (Å²) in [7, 11) is 0. The van der Waals surface area contributed by atoms with Gasteiger partial charge in [-0.15, -0.1) is 10.2 Å². The van der Waals surface area contributed by atoms with Gasteiger partial charge in [0.15, 0.2) is 0 Å². The Morgan fingerprint density at radius 2 is 1.83 bits per heavy atom. The Morgan fingerprint density at radius 3 is 2.54 bits per heavy atom. The molecule has 7 heteroatoms. The minimum Gasteiger partial charge on any atom is -0.469 e. The number of rotatable bonds is 7. The van der Waals surface area contributed by atoms with Crippen LogP contribution in [0.3, 0.4) is 0 Å². The second-order valence-electron chi connectivity index (χ2n) is 5.90. The lowest BCUT2D eigenvalue weighted by atomic mass is 10.1. The number of aromatic nitrogens is 2. The van der Waals surface area contributed by atoms with Gasteiger partial charge < -0.3 is 9.84 Å². The third-order valence-electron chi connectivity index (χ3n) is 4.16. The average Bonchev–Trinajstić information content (AvgIpc) is 3.05. The SMILES string of the molecule is CCOc1nnc(CN2CCN(CC(O)c3ccccc3)CC2)s1. The Hall–Kier alpha value is -1.54. The second-order valence-corrected chi connectivity index (χ2v) is 6.92. The third-order valence-corrected chi connectivity index (χ3v) is 4.98. The van der Waals surface area contributed by atoms with E-state index in [1.54, 1.807) is 0 Å². The van der Waals surface area contributed by atoms with Crippen molar-refractivity contribution in [2.75, 3.05) is 39.3 Å². The maximum absolute atomic E-state index is 10.3. The first kappa shape index (κ1) is 17.3. The number of nitrogens with zero attached hydrogens (tertiary/aromatic N) is 4.